The highest BCUT2D eigenvalue weighted by atomic mass is 16.2. The maximum absolute atomic E-state index is 12.6. The van der Waals surface area contributed by atoms with Gasteiger partial charge in [-0.15, -0.1) is 0 Å². The monoisotopic (exact) mass is 370 g/mol. The zero-order valence-electron chi connectivity index (χ0n) is 17.1. The van der Waals surface area contributed by atoms with Crippen LogP contribution < -0.4 is 10.6 Å². The average molecular weight is 371 g/mol. The van der Waals surface area contributed by atoms with Crippen LogP contribution in [0.15, 0.2) is 23.2 Å². The second-order valence-corrected chi connectivity index (χ2v) is 8.02. The van der Waals surface area contributed by atoms with E-state index in [0.29, 0.717) is 12.5 Å². The Labute approximate surface area is 163 Å². The third-order valence-corrected chi connectivity index (χ3v) is 5.80. The smallest absolute Gasteiger partial charge is 0.225 e. The van der Waals surface area contributed by atoms with Gasteiger partial charge in [-0.3, -0.25) is 4.79 Å². The molecule has 1 saturated carbocycles. The van der Waals surface area contributed by atoms with Crippen molar-refractivity contribution in [1.29, 1.82) is 0 Å². The fourth-order valence-electron chi connectivity index (χ4n) is 4.21. The molecule has 0 bridgehead atoms. The lowest BCUT2D eigenvalue weighted by Crippen LogP contribution is -2.45. The van der Waals surface area contributed by atoms with E-state index in [1.54, 1.807) is 0 Å². The second kappa shape index (κ2) is 9.25. The molecule has 1 amide bonds. The number of amides is 1. The highest BCUT2D eigenvalue weighted by Crippen LogP contribution is 2.27. The van der Waals surface area contributed by atoms with Gasteiger partial charge in [-0.1, -0.05) is 36.6 Å². The molecular formula is C22H34N4O. The van der Waals surface area contributed by atoms with Crippen LogP contribution >= 0.6 is 0 Å². The lowest BCUT2D eigenvalue weighted by atomic mass is 10.1. The van der Waals surface area contributed by atoms with E-state index in [0.717, 1.165) is 44.9 Å². The number of benzene rings is 1. The average Bonchev–Trinajstić information content (AvgIpc) is 3.32. The number of aryl methyl sites for hydroxylation is 2. The molecule has 27 heavy (non-hydrogen) atoms. The summed E-state index contributed by atoms with van der Waals surface area (Å²) in [5, 5.41) is 6.88. The first-order chi connectivity index (χ1) is 13.1. The molecule has 2 fully saturated rings. The standard InChI is InChI=1S/C22H34N4O/c1-4-23-22(24-14-19-10-9-16(2)13-17(19)3)25-20-11-12-26(15-20)21(27)18-7-5-6-8-18/h9-10,13,18,20H,4-8,11-12,14-15H2,1-3H3,(H2,23,24,25). The van der Waals surface area contributed by atoms with Gasteiger partial charge in [0.2, 0.25) is 5.91 Å². The number of rotatable bonds is 5. The molecule has 148 valence electrons. The van der Waals surface area contributed by atoms with Gasteiger partial charge in [0.1, 0.15) is 0 Å². The number of carbonyl (C=O) groups is 1. The number of aliphatic imine (C=N–C) groups is 1. The third-order valence-electron chi connectivity index (χ3n) is 5.80. The molecule has 2 aliphatic rings. The molecule has 1 aromatic rings. The minimum Gasteiger partial charge on any atom is -0.357 e. The van der Waals surface area contributed by atoms with E-state index < -0.39 is 0 Å². The van der Waals surface area contributed by atoms with Gasteiger partial charge in [0, 0.05) is 31.6 Å². The molecule has 3 rings (SSSR count). The normalized spacial score (nSPS) is 20.9. The summed E-state index contributed by atoms with van der Waals surface area (Å²) in [4.78, 5) is 19.5. The van der Waals surface area contributed by atoms with Gasteiger partial charge in [0.25, 0.3) is 0 Å². The summed E-state index contributed by atoms with van der Waals surface area (Å²) in [6.45, 7) is 9.49. The SMILES string of the molecule is CCNC(=NCc1ccc(C)cc1C)NC1CCN(C(=O)C2CCCC2)C1. The first-order valence-electron chi connectivity index (χ1n) is 10.5. The first-order valence-corrected chi connectivity index (χ1v) is 10.5. The highest BCUT2D eigenvalue weighted by molar-refractivity contribution is 5.81. The number of nitrogens with zero attached hydrogens (tertiary/aromatic N) is 2. The minimum absolute atomic E-state index is 0.273. The third kappa shape index (κ3) is 5.24. The number of hydrogen-bond acceptors (Lipinski definition) is 2. The molecule has 0 aromatic heterocycles. The van der Waals surface area contributed by atoms with Gasteiger partial charge in [-0.05, 0) is 51.2 Å². The summed E-state index contributed by atoms with van der Waals surface area (Å²) in [7, 11) is 0. The summed E-state index contributed by atoms with van der Waals surface area (Å²) in [5.41, 5.74) is 3.81. The van der Waals surface area contributed by atoms with E-state index in [4.69, 9.17) is 4.99 Å². The lowest BCUT2D eigenvalue weighted by Gasteiger charge is -2.21. The Balaban J connectivity index is 1.56. The van der Waals surface area contributed by atoms with Crippen LogP contribution in [0.2, 0.25) is 0 Å². The molecule has 1 aromatic carbocycles. The van der Waals surface area contributed by atoms with Crippen molar-refractivity contribution >= 4 is 11.9 Å². The van der Waals surface area contributed by atoms with E-state index in [9.17, 15) is 4.79 Å². The molecule has 1 aliphatic heterocycles. The van der Waals surface area contributed by atoms with Crippen molar-refractivity contribution in [2.45, 2.75) is 65.5 Å². The summed E-state index contributed by atoms with van der Waals surface area (Å²) in [5.74, 6) is 1.49. The molecule has 5 nitrogen and oxygen atoms in total. The van der Waals surface area contributed by atoms with Gasteiger partial charge < -0.3 is 15.5 Å². The fraction of sp³-hybridized carbons (Fsp3) is 0.636. The molecule has 0 radical (unpaired) electrons. The van der Waals surface area contributed by atoms with Crippen molar-refractivity contribution in [3.05, 3.63) is 34.9 Å². The quantitative estimate of drug-likeness (QED) is 0.618. The van der Waals surface area contributed by atoms with Crippen molar-refractivity contribution in [3.8, 4) is 0 Å². The Morgan fingerprint density at radius 2 is 2.00 bits per heavy atom. The number of likely N-dealkylation sites (tertiary alicyclic amines) is 1. The van der Waals surface area contributed by atoms with Crippen LogP contribution in [-0.4, -0.2) is 42.4 Å². The van der Waals surface area contributed by atoms with E-state index >= 15 is 0 Å². The Kier molecular flexibility index (Phi) is 6.75. The molecule has 1 heterocycles. The summed E-state index contributed by atoms with van der Waals surface area (Å²) < 4.78 is 0. The van der Waals surface area contributed by atoms with Crippen LogP contribution in [-0.2, 0) is 11.3 Å². The Hall–Kier alpha value is -2.04. The molecule has 5 heteroatoms. The van der Waals surface area contributed by atoms with Crippen molar-refractivity contribution in [3.63, 3.8) is 0 Å². The Bertz CT molecular complexity index is 679. The largest absolute Gasteiger partial charge is 0.357 e. The molecular weight excluding hydrogens is 336 g/mol. The van der Waals surface area contributed by atoms with Crippen LogP contribution in [0.1, 0.15) is 55.7 Å². The summed E-state index contributed by atoms with van der Waals surface area (Å²) in [6, 6.07) is 6.79. The molecule has 1 saturated heterocycles. The van der Waals surface area contributed by atoms with E-state index in [2.05, 4.69) is 54.5 Å². The molecule has 1 unspecified atom stereocenters. The second-order valence-electron chi connectivity index (χ2n) is 8.02. The Morgan fingerprint density at radius 1 is 1.22 bits per heavy atom. The van der Waals surface area contributed by atoms with Crippen LogP contribution in [0.5, 0.6) is 0 Å². The zero-order chi connectivity index (χ0) is 19.2. The molecule has 0 spiro atoms. The van der Waals surface area contributed by atoms with Crippen LogP contribution in [0.25, 0.3) is 0 Å². The predicted molar refractivity (Wildman–Crippen MR) is 111 cm³/mol. The molecule has 1 atom stereocenters. The van der Waals surface area contributed by atoms with Crippen molar-refractivity contribution in [2.24, 2.45) is 10.9 Å². The van der Waals surface area contributed by atoms with Crippen LogP contribution in [0.3, 0.4) is 0 Å². The van der Waals surface area contributed by atoms with Gasteiger partial charge >= 0.3 is 0 Å². The van der Waals surface area contributed by atoms with Gasteiger partial charge in [-0.2, -0.15) is 0 Å². The number of carbonyl (C=O) groups excluding carboxylic acids is 1. The van der Waals surface area contributed by atoms with E-state index in [1.807, 2.05) is 0 Å². The van der Waals surface area contributed by atoms with Crippen LogP contribution in [0, 0.1) is 19.8 Å². The fourth-order valence-corrected chi connectivity index (χ4v) is 4.21. The van der Waals surface area contributed by atoms with Gasteiger partial charge in [-0.25, -0.2) is 4.99 Å². The number of nitrogens with one attached hydrogen (secondary N) is 2. The summed E-state index contributed by atoms with van der Waals surface area (Å²) >= 11 is 0. The number of hydrogen-bond donors (Lipinski definition) is 2. The zero-order valence-corrected chi connectivity index (χ0v) is 17.1. The van der Waals surface area contributed by atoms with Crippen molar-refractivity contribution < 1.29 is 4.79 Å². The van der Waals surface area contributed by atoms with Crippen LogP contribution in [0.4, 0.5) is 0 Å². The van der Waals surface area contributed by atoms with Gasteiger partial charge in [0.15, 0.2) is 5.96 Å². The summed E-state index contributed by atoms with van der Waals surface area (Å²) in [6.07, 6.45) is 5.57. The minimum atomic E-state index is 0.273. The lowest BCUT2D eigenvalue weighted by molar-refractivity contribution is -0.134. The van der Waals surface area contributed by atoms with Crippen molar-refractivity contribution in [1.82, 2.24) is 15.5 Å². The highest BCUT2D eigenvalue weighted by Gasteiger charge is 2.32. The first kappa shape index (κ1) is 19.7. The topological polar surface area (TPSA) is 56.7 Å². The van der Waals surface area contributed by atoms with Crippen molar-refractivity contribution in [2.75, 3.05) is 19.6 Å². The number of guanidine groups is 1. The molecule has 1 aliphatic carbocycles. The maximum atomic E-state index is 12.6. The predicted octanol–water partition coefficient (Wildman–Crippen LogP) is 3.15. The Morgan fingerprint density at radius 3 is 2.70 bits per heavy atom. The molecule has 2 N–H and O–H groups in total. The van der Waals surface area contributed by atoms with Gasteiger partial charge in [0.05, 0.1) is 6.54 Å². The van der Waals surface area contributed by atoms with E-state index in [1.165, 1.54) is 29.5 Å². The maximum Gasteiger partial charge on any atom is 0.225 e. The van der Waals surface area contributed by atoms with E-state index in [-0.39, 0.29) is 12.0 Å².